The molecule has 0 saturated carbocycles. The first-order valence-electron chi connectivity index (χ1n) is 8.68. The van der Waals surface area contributed by atoms with Crippen LogP contribution in [0.3, 0.4) is 0 Å². The Morgan fingerprint density at radius 2 is 2.07 bits per heavy atom. The average molecular weight is 460 g/mol. The Morgan fingerprint density at radius 1 is 1.19 bits per heavy atom. The van der Waals surface area contributed by atoms with Gasteiger partial charge in [-0.15, -0.1) is 22.7 Å². The van der Waals surface area contributed by atoms with Gasteiger partial charge in [0.15, 0.2) is 0 Å². The number of carbonyl (C=O) groups is 1. The number of halogens is 1. The lowest BCUT2D eigenvalue weighted by atomic mass is 10.2. The van der Waals surface area contributed by atoms with Crippen molar-refractivity contribution in [1.82, 2.24) is 14.9 Å². The number of aromatic nitrogens is 2. The molecule has 3 heterocycles. The van der Waals surface area contributed by atoms with E-state index in [4.69, 9.17) is 0 Å². The number of thiazole rings is 1. The normalized spacial score (nSPS) is 11.1. The summed E-state index contributed by atoms with van der Waals surface area (Å²) in [6.07, 6.45) is 3.33. The molecule has 0 saturated heterocycles. The number of aryl methyl sites for hydroxylation is 1. The van der Waals surface area contributed by atoms with Gasteiger partial charge in [0.25, 0.3) is 0 Å². The van der Waals surface area contributed by atoms with Crippen LogP contribution in [0.1, 0.15) is 12.1 Å². The number of rotatable bonds is 7. The van der Waals surface area contributed by atoms with E-state index in [1.165, 1.54) is 10.9 Å². The molecule has 4 nitrogen and oxygen atoms in total. The van der Waals surface area contributed by atoms with E-state index in [9.17, 15) is 4.79 Å². The number of nitrogens with zero attached hydrogens (tertiary/aromatic N) is 2. The van der Waals surface area contributed by atoms with E-state index in [0.717, 1.165) is 33.0 Å². The first kappa shape index (κ1) is 18.4. The molecule has 4 aromatic rings. The van der Waals surface area contributed by atoms with Gasteiger partial charge in [-0.2, -0.15) is 0 Å². The largest absolute Gasteiger partial charge is 0.356 e. The van der Waals surface area contributed by atoms with Crippen molar-refractivity contribution >= 4 is 55.4 Å². The van der Waals surface area contributed by atoms with Crippen LogP contribution in [0.15, 0.2) is 57.8 Å². The molecule has 0 radical (unpaired) electrons. The Labute approximate surface area is 174 Å². The van der Waals surface area contributed by atoms with Gasteiger partial charge in [0.2, 0.25) is 5.91 Å². The Bertz CT molecular complexity index is 1070. The monoisotopic (exact) mass is 459 g/mol. The molecule has 1 amide bonds. The summed E-state index contributed by atoms with van der Waals surface area (Å²) in [6, 6.07) is 12.5. The van der Waals surface area contributed by atoms with Gasteiger partial charge in [-0.05, 0) is 45.9 Å². The van der Waals surface area contributed by atoms with E-state index in [1.807, 2.05) is 16.8 Å². The number of thiophene rings is 1. The smallest absolute Gasteiger partial charge is 0.226 e. The molecule has 1 N–H and O–H groups in total. The van der Waals surface area contributed by atoms with Crippen molar-refractivity contribution in [2.75, 3.05) is 6.54 Å². The van der Waals surface area contributed by atoms with Gasteiger partial charge < -0.3 is 9.88 Å². The van der Waals surface area contributed by atoms with Crippen LogP contribution in [0.4, 0.5) is 0 Å². The molecule has 0 spiro atoms. The summed E-state index contributed by atoms with van der Waals surface area (Å²) in [7, 11) is 0. The molecule has 0 unspecified atom stereocenters. The van der Waals surface area contributed by atoms with Gasteiger partial charge in [-0.3, -0.25) is 4.79 Å². The molecule has 0 fully saturated rings. The van der Waals surface area contributed by atoms with Gasteiger partial charge >= 0.3 is 0 Å². The predicted molar refractivity (Wildman–Crippen MR) is 116 cm³/mol. The molecule has 1 aromatic carbocycles. The highest BCUT2D eigenvalue weighted by molar-refractivity contribution is 9.10. The highest BCUT2D eigenvalue weighted by atomic mass is 79.9. The molecule has 0 aliphatic heterocycles. The first-order chi connectivity index (χ1) is 13.2. The Balaban J connectivity index is 1.25. The first-order valence-corrected chi connectivity index (χ1v) is 11.2. The van der Waals surface area contributed by atoms with Crippen molar-refractivity contribution in [3.05, 3.63) is 63.5 Å². The zero-order valence-corrected chi connectivity index (χ0v) is 17.7. The van der Waals surface area contributed by atoms with E-state index in [1.54, 1.807) is 22.7 Å². The van der Waals surface area contributed by atoms with Crippen molar-refractivity contribution in [2.45, 2.75) is 19.4 Å². The van der Waals surface area contributed by atoms with Crippen LogP contribution in [0, 0.1) is 0 Å². The summed E-state index contributed by atoms with van der Waals surface area (Å²) in [6.45, 7) is 1.56. The third-order valence-corrected chi connectivity index (χ3v) is 7.00. The average Bonchev–Trinajstić information content (AvgIpc) is 3.39. The molecule has 0 aliphatic carbocycles. The topological polar surface area (TPSA) is 46.9 Å². The molecule has 3 aromatic heterocycles. The minimum Gasteiger partial charge on any atom is -0.356 e. The quantitative estimate of drug-likeness (QED) is 0.379. The summed E-state index contributed by atoms with van der Waals surface area (Å²) in [5, 5.41) is 9.22. The lowest BCUT2D eigenvalue weighted by molar-refractivity contribution is -0.120. The van der Waals surface area contributed by atoms with Gasteiger partial charge in [0.1, 0.15) is 5.01 Å². The predicted octanol–water partition coefficient (Wildman–Crippen LogP) is 5.34. The van der Waals surface area contributed by atoms with Crippen molar-refractivity contribution in [3.8, 4) is 9.88 Å². The fourth-order valence-corrected chi connectivity index (χ4v) is 5.29. The molecule has 138 valence electrons. The van der Waals surface area contributed by atoms with Crippen LogP contribution in [-0.2, 0) is 17.8 Å². The number of carbonyl (C=O) groups excluding carboxylic acids is 1. The van der Waals surface area contributed by atoms with Crippen LogP contribution in [0.5, 0.6) is 0 Å². The van der Waals surface area contributed by atoms with Crippen molar-refractivity contribution in [2.24, 2.45) is 0 Å². The van der Waals surface area contributed by atoms with E-state index >= 15 is 0 Å². The van der Waals surface area contributed by atoms with Gasteiger partial charge in [0, 0.05) is 40.0 Å². The lowest BCUT2D eigenvalue weighted by Gasteiger charge is -2.07. The number of fused-ring (bicyclic) bond motifs is 1. The molecule has 27 heavy (non-hydrogen) atoms. The number of para-hydroxylation sites is 1. The standard InChI is InChI=1S/C20H18BrN3OS2/c21-15-10-18(26-12-15)20-23-16(13-27-20)11-19(25)22-7-3-8-24-9-6-14-4-1-2-5-17(14)24/h1-2,4-6,9-10,12-13H,3,7-8,11H2,(H,22,25). The summed E-state index contributed by atoms with van der Waals surface area (Å²) in [5.41, 5.74) is 2.06. The third kappa shape index (κ3) is 4.48. The van der Waals surface area contributed by atoms with E-state index in [-0.39, 0.29) is 5.91 Å². The van der Waals surface area contributed by atoms with Crippen molar-refractivity contribution < 1.29 is 4.79 Å². The van der Waals surface area contributed by atoms with Crippen LogP contribution in [-0.4, -0.2) is 22.0 Å². The van der Waals surface area contributed by atoms with Crippen LogP contribution >= 0.6 is 38.6 Å². The van der Waals surface area contributed by atoms with Gasteiger partial charge in [-0.1, -0.05) is 18.2 Å². The second kappa shape index (κ2) is 8.37. The fourth-order valence-electron chi connectivity index (χ4n) is 2.97. The third-order valence-electron chi connectivity index (χ3n) is 4.25. The number of amides is 1. The minimum atomic E-state index is 0.0246. The Hall–Kier alpha value is -1.96. The maximum atomic E-state index is 12.2. The summed E-state index contributed by atoms with van der Waals surface area (Å²) in [5.74, 6) is 0.0246. The lowest BCUT2D eigenvalue weighted by Crippen LogP contribution is -2.26. The molecule has 0 aliphatic rings. The SMILES string of the molecule is O=C(Cc1csc(-c2cc(Br)cs2)n1)NCCCn1ccc2ccccc21. The van der Waals surface area contributed by atoms with Crippen LogP contribution in [0.25, 0.3) is 20.8 Å². The van der Waals surface area contributed by atoms with Gasteiger partial charge in [0.05, 0.1) is 17.0 Å². The van der Waals surface area contributed by atoms with Crippen LogP contribution < -0.4 is 5.32 Å². The number of hydrogen-bond acceptors (Lipinski definition) is 4. The number of hydrogen-bond donors (Lipinski definition) is 1. The molecule has 4 rings (SSSR count). The molecule has 0 bridgehead atoms. The van der Waals surface area contributed by atoms with Gasteiger partial charge in [-0.25, -0.2) is 4.98 Å². The minimum absolute atomic E-state index is 0.0246. The number of nitrogens with one attached hydrogen (secondary N) is 1. The summed E-state index contributed by atoms with van der Waals surface area (Å²) < 4.78 is 3.29. The molecule has 7 heteroatoms. The van der Waals surface area contributed by atoms with E-state index in [0.29, 0.717) is 13.0 Å². The fraction of sp³-hybridized carbons (Fsp3) is 0.200. The molecular formula is C20H18BrN3OS2. The Morgan fingerprint density at radius 3 is 2.93 bits per heavy atom. The second-order valence-corrected chi connectivity index (χ2v) is 8.91. The highest BCUT2D eigenvalue weighted by Crippen LogP contribution is 2.32. The van der Waals surface area contributed by atoms with Crippen molar-refractivity contribution in [3.63, 3.8) is 0 Å². The van der Waals surface area contributed by atoms with E-state index in [2.05, 4.69) is 67.3 Å². The Kier molecular flexibility index (Phi) is 5.71. The molecule has 0 atom stereocenters. The van der Waals surface area contributed by atoms with Crippen molar-refractivity contribution in [1.29, 1.82) is 0 Å². The summed E-state index contributed by atoms with van der Waals surface area (Å²) in [4.78, 5) is 17.9. The maximum Gasteiger partial charge on any atom is 0.226 e. The second-order valence-electron chi connectivity index (χ2n) is 6.22. The maximum absolute atomic E-state index is 12.2. The molecular weight excluding hydrogens is 442 g/mol. The summed E-state index contributed by atoms with van der Waals surface area (Å²) >= 11 is 6.69. The zero-order valence-electron chi connectivity index (χ0n) is 14.5. The number of benzene rings is 1. The zero-order chi connectivity index (χ0) is 18.6. The van der Waals surface area contributed by atoms with Crippen LogP contribution in [0.2, 0.25) is 0 Å². The van der Waals surface area contributed by atoms with E-state index < -0.39 is 0 Å². The highest BCUT2D eigenvalue weighted by Gasteiger charge is 2.10.